The van der Waals surface area contributed by atoms with Crippen molar-refractivity contribution in [3.63, 3.8) is 0 Å². The number of rotatable bonds is 3. The Labute approximate surface area is 156 Å². The zero-order valence-electron chi connectivity index (χ0n) is 14.7. The van der Waals surface area contributed by atoms with Crippen LogP contribution in [0.1, 0.15) is 15.9 Å². The van der Waals surface area contributed by atoms with Crippen LogP contribution in [0.25, 0.3) is 10.9 Å². The molecule has 1 saturated heterocycles. The Bertz CT molecular complexity index is 979. The van der Waals surface area contributed by atoms with Crippen LogP contribution in [0.5, 0.6) is 0 Å². The summed E-state index contributed by atoms with van der Waals surface area (Å²) < 4.78 is 26.9. The predicted molar refractivity (Wildman–Crippen MR) is 99.3 cm³/mol. The van der Waals surface area contributed by atoms with E-state index in [0.717, 1.165) is 35.1 Å². The van der Waals surface area contributed by atoms with E-state index in [9.17, 15) is 13.6 Å². The molecule has 1 amide bonds. The molecule has 0 aliphatic carbocycles. The first kappa shape index (κ1) is 17.5. The van der Waals surface area contributed by atoms with Crippen LogP contribution in [0.4, 0.5) is 8.78 Å². The number of amides is 1. The van der Waals surface area contributed by atoms with Crippen molar-refractivity contribution in [2.75, 3.05) is 26.2 Å². The van der Waals surface area contributed by atoms with E-state index in [1.165, 1.54) is 6.07 Å². The molecule has 138 valence electrons. The molecule has 0 saturated carbocycles. The van der Waals surface area contributed by atoms with Crippen molar-refractivity contribution < 1.29 is 13.6 Å². The van der Waals surface area contributed by atoms with Gasteiger partial charge in [0.25, 0.3) is 5.91 Å². The molecule has 0 radical (unpaired) electrons. The van der Waals surface area contributed by atoms with Crippen LogP contribution in [-0.2, 0) is 6.54 Å². The fourth-order valence-corrected chi connectivity index (χ4v) is 3.48. The van der Waals surface area contributed by atoms with Gasteiger partial charge in [0.05, 0.1) is 11.1 Å². The monoisotopic (exact) mass is 367 g/mol. The molecule has 2 heterocycles. The molecule has 1 aromatic heterocycles. The van der Waals surface area contributed by atoms with E-state index >= 15 is 0 Å². The van der Waals surface area contributed by atoms with Gasteiger partial charge >= 0.3 is 0 Å². The van der Waals surface area contributed by atoms with Crippen molar-refractivity contribution in [3.05, 3.63) is 77.5 Å². The predicted octanol–water partition coefficient (Wildman–Crippen LogP) is 3.47. The molecular weight excluding hydrogens is 348 g/mol. The number of piperazine rings is 1. The van der Waals surface area contributed by atoms with Crippen molar-refractivity contribution >= 4 is 16.8 Å². The van der Waals surface area contributed by atoms with Crippen LogP contribution in [0.3, 0.4) is 0 Å². The number of pyridine rings is 1. The number of fused-ring (bicyclic) bond motifs is 1. The molecular formula is C21H19F2N3O. The number of halogens is 2. The summed E-state index contributed by atoms with van der Waals surface area (Å²) in [6.07, 6.45) is 1.79. The molecule has 0 spiro atoms. The number of nitrogens with zero attached hydrogens (tertiary/aromatic N) is 3. The lowest BCUT2D eigenvalue weighted by atomic mass is 10.1. The van der Waals surface area contributed by atoms with Crippen molar-refractivity contribution in [2.45, 2.75) is 6.54 Å². The minimum Gasteiger partial charge on any atom is -0.336 e. The number of carbonyl (C=O) groups excluding carboxylic acids is 1. The Morgan fingerprint density at radius 1 is 1.00 bits per heavy atom. The Morgan fingerprint density at radius 2 is 1.78 bits per heavy atom. The van der Waals surface area contributed by atoms with E-state index in [2.05, 4.69) is 16.0 Å². The maximum Gasteiger partial charge on any atom is 0.256 e. The molecule has 4 rings (SSSR count). The summed E-state index contributed by atoms with van der Waals surface area (Å²) in [6.45, 7) is 3.15. The van der Waals surface area contributed by atoms with Gasteiger partial charge in [-0.2, -0.15) is 0 Å². The Kier molecular flexibility index (Phi) is 4.81. The van der Waals surface area contributed by atoms with Gasteiger partial charge in [0.2, 0.25) is 0 Å². The summed E-state index contributed by atoms with van der Waals surface area (Å²) >= 11 is 0. The fourth-order valence-electron chi connectivity index (χ4n) is 3.48. The minimum atomic E-state index is -0.816. The minimum absolute atomic E-state index is 0.0805. The van der Waals surface area contributed by atoms with Crippen LogP contribution in [0, 0.1) is 11.6 Å². The van der Waals surface area contributed by atoms with Gasteiger partial charge in [0, 0.05) is 50.4 Å². The molecule has 2 aromatic carbocycles. The zero-order chi connectivity index (χ0) is 18.8. The summed E-state index contributed by atoms with van der Waals surface area (Å²) in [5.41, 5.74) is 2.06. The summed E-state index contributed by atoms with van der Waals surface area (Å²) in [5.74, 6) is -1.89. The Hall–Kier alpha value is -2.86. The van der Waals surface area contributed by atoms with Crippen LogP contribution in [0.2, 0.25) is 0 Å². The molecule has 4 nitrogen and oxygen atoms in total. The molecule has 1 fully saturated rings. The molecule has 0 bridgehead atoms. The van der Waals surface area contributed by atoms with Crippen molar-refractivity contribution in [3.8, 4) is 0 Å². The van der Waals surface area contributed by atoms with Crippen LogP contribution < -0.4 is 0 Å². The van der Waals surface area contributed by atoms with E-state index in [4.69, 9.17) is 0 Å². The third-order valence-corrected chi connectivity index (χ3v) is 4.93. The smallest absolute Gasteiger partial charge is 0.256 e. The molecule has 1 aliphatic heterocycles. The van der Waals surface area contributed by atoms with Gasteiger partial charge < -0.3 is 4.90 Å². The second-order valence-corrected chi connectivity index (χ2v) is 6.68. The third-order valence-electron chi connectivity index (χ3n) is 4.93. The summed E-state index contributed by atoms with van der Waals surface area (Å²) in [7, 11) is 0. The van der Waals surface area contributed by atoms with Gasteiger partial charge in [-0.25, -0.2) is 8.78 Å². The van der Waals surface area contributed by atoms with Crippen LogP contribution >= 0.6 is 0 Å². The number of hydrogen-bond donors (Lipinski definition) is 0. The highest BCUT2D eigenvalue weighted by molar-refractivity contribution is 5.94. The lowest BCUT2D eigenvalue weighted by Gasteiger charge is -2.35. The molecule has 0 unspecified atom stereocenters. The highest BCUT2D eigenvalue weighted by Crippen LogP contribution is 2.19. The first-order valence-electron chi connectivity index (χ1n) is 8.91. The zero-order valence-corrected chi connectivity index (χ0v) is 14.7. The third kappa shape index (κ3) is 3.66. The van der Waals surface area contributed by atoms with Crippen molar-refractivity contribution in [1.82, 2.24) is 14.8 Å². The average Bonchev–Trinajstić information content (AvgIpc) is 2.68. The van der Waals surface area contributed by atoms with E-state index < -0.39 is 11.6 Å². The van der Waals surface area contributed by atoms with E-state index in [1.807, 2.05) is 24.3 Å². The molecule has 6 heteroatoms. The summed E-state index contributed by atoms with van der Waals surface area (Å²) in [4.78, 5) is 20.9. The van der Waals surface area contributed by atoms with E-state index in [0.29, 0.717) is 26.2 Å². The number of aromatic nitrogens is 1. The van der Waals surface area contributed by atoms with Gasteiger partial charge in [-0.05, 0) is 23.8 Å². The normalized spacial score (nSPS) is 15.3. The highest BCUT2D eigenvalue weighted by atomic mass is 19.1. The topological polar surface area (TPSA) is 36.4 Å². The fraction of sp³-hybridized carbons (Fsp3) is 0.238. The lowest BCUT2D eigenvalue weighted by Crippen LogP contribution is -2.48. The van der Waals surface area contributed by atoms with Crippen LogP contribution in [0.15, 0.2) is 54.7 Å². The van der Waals surface area contributed by atoms with E-state index in [1.54, 1.807) is 11.1 Å². The maximum atomic E-state index is 13.9. The second kappa shape index (κ2) is 7.40. The number of hydrogen-bond acceptors (Lipinski definition) is 3. The molecule has 3 aromatic rings. The number of para-hydroxylation sites is 1. The largest absolute Gasteiger partial charge is 0.336 e. The van der Waals surface area contributed by atoms with E-state index in [-0.39, 0.29) is 11.5 Å². The first-order valence-corrected chi connectivity index (χ1v) is 8.91. The second-order valence-electron chi connectivity index (χ2n) is 6.68. The van der Waals surface area contributed by atoms with Crippen molar-refractivity contribution in [1.29, 1.82) is 0 Å². The van der Waals surface area contributed by atoms with Gasteiger partial charge in [0.15, 0.2) is 0 Å². The Morgan fingerprint density at radius 3 is 2.56 bits per heavy atom. The maximum absolute atomic E-state index is 13.9. The molecule has 0 atom stereocenters. The summed E-state index contributed by atoms with van der Waals surface area (Å²) in [6, 6.07) is 13.2. The molecule has 0 N–H and O–H groups in total. The number of carbonyl (C=O) groups is 1. The molecule has 1 aliphatic rings. The highest BCUT2D eigenvalue weighted by Gasteiger charge is 2.24. The van der Waals surface area contributed by atoms with Crippen LogP contribution in [-0.4, -0.2) is 46.9 Å². The summed E-state index contributed by atoms with van der Waals surface area (Å²) in [5, 5.41) is 1.11. The first-order chi connectivity index (χ1) is 13.1. The average molecular weight is 367 g/mol. The standard InChI is InChI=1S/C21H19F2N3O/c22-17-6-7-18(19(23)13-17)21(27)26-11-9-25(10-12-26)14-16-4-1-3-15-5-2-8-24-20(15)16/h1-8,13H,9-12,14H2. The quantitative estimate of drug-likeness (QED) is 0.711. The van der Waals surface area contributed by atoms with Crippen molar-refractivity contribution in [2.24, 2.45) is 0 Å². The van der Waals surface area contributed by atoms with Gasteiger partial charge in [-0.3, -0.25) is 14.7 Å². The Balaban J connectivity index is 1.42. The van der Waals surface area contributed by atoms with Gasteiger partial charge in [-0.15, -0.1) is 0 Å². The van der Waals surface area contributed by atoms with Gasteiger partial charge in [0.1, 0.15) is 11.6 Å². The number of benzene rings is 2. The lowest BCUT2D eigenvalue weighted by molar-refractivity contribution is 0.0624. The molecule has 27 heavy (non-hydrogen) atoms. The van der Waals surface area contributed by atoms with Gasteiger partial charge in [-0.1, -0.05) is 24.3 Å². The SMILES string of the molecule is O=C(c1ccc(F)cc1F)N1CCN(Cc2cccc3cccnc23)CC1.